The summed E-state index contributed by atoms with van der Waals surface area (Å²) in [5.74, 6) is 0.0585. The number of nitrogens with zero attached hydrogens (tertiary/aromatic N) is 1. The van der Waals surface area contributed by atoms with E-state index < -0.39 is 0 Å². The van der Waals surface area contributed by atoms with Crippen LogP contribution in [0.4, 0.5) is 5.69 Å². The molecule has 0 aromatic heterocycles. The molecular weight excluding hydrogens is 254 g/mol. The van der Waals surface area contributed by atoms with E-state index in [1.807, 2.05) is 24.0 Å². The van der Waals surface area contributed by atoms with Crippen LogP contribution in [0.5, 0.6) is 0 Å². The summed E-state index contributed by atoms with van der Waals surface area (Å²) in [7, 11) is 0. The number of hydrogen-bond donors (Lipinski definition) is 0. The van der Waals surface area contributed by atoms with Crippen LogP contribution in [-0.2, 0) is 11.2 Å². The number of carbonyl (C=O) groups is 1. The number of anilines is 1. The van der Waals surface area contributed by atoms with Crippen LogP contribution in [0.15, 0.2) is 34.8 Å². The maximum Gasteiger partial charge on any atom is 0.250 e. The fourth-order valence-electron chi connectivity index (χ4n) is 1.86. The van der Waals surface area contributed by atoms with Crippen LogP contribution in [-0.4, -0.2) is 12.5 Å². The third-order valence-corrected chi connectivity index (χ3v) is 3.16. The van der Waals surface area contributed by atoms with Gasteiger partial charge in [-0.3, -0.25) is 4.79 Å². The zero-order chi connectivity index (χ0) is 10.8. The van der Waals surface area contributed by atoms with Crippen molar-refractivity contribution in [3.05, 3.63) is 40.4 Å². The lowest BCUT2D eigenvalue weighted by atomic mass is 10.2. The maximum atomic E-state index is 11.8. The first kappa shape index (κ1) is 10.4. The molecule has 0 unspecified atom stereocenters. The summed E-state index contributed by atoms with van der Waals surface area (Å²) < 4.78 is 0.996. The lowest BCUT2D eigenvalue weighted by Gasteiger charge is -2.16. The van der Waals surface area contributed by atoms with Gasteiger partial charge < -0.3 is 4.90 Å². The molecular formula is C12H12BrNO. The molecule has 0 N–H and O–H groups in total. The second kappa shape index (κ2) is 4.19. The molecule has 78 valence electrons. The van der Waals surface area contributed by atoms with E-state index in [-0.39, 0.29) is 5.91 Å². The fraction of sp³-hybridized carbons (Fsp3) is 0.250. The Labute approximate surface area is 97.7 Å². The van der Waals surface area contributed by atoms with Crippen molar-refractivity contribution >= 4 is 27.5 Å². The Morgan fingerprint density at radius 2 is 2.33 bits per heavy atom. The summed E-state index contributed by atoms with van der Waals surface area (Å²) in [6.07, 6.45) is 4.32. The van der Waals surface area contributed by atoms with Gasteiger partial charge in [-0.05, 0) is 47.0 Å². The number of benzene rings is 1. The number of para-hydroxylation sites is 1. The summed E-state index contributed by atoms with van der Waals surface area (Å²) in [5.41, 5.74) is 2.27. The Kier molecular flexibility index (Phi) is 2.91. The lowest BCUT2D eigenvalue weighted by Crippen LogP contribution is -2.27. The van der Waals surface area contributed by atoms with Gasteiger partial charge in [0.25, 0.3) is 5.91 Å². The van der Waals surface area contributed by atoms with Crippen LogP contribution < -0.4 is 4.90 Å². The van der Waals surface area contributed by atoms with Gasteiger partial charge in [0.1, 0.15) is 0 Å². The first-order valence-electron chi connectivity index (χ1n) is 4.95. The molecule has 1 aliphatic heterocycles. The van der Waals surface area contributed by atoms with Gasteiger partial charge in [0.2, 0.25) is 0 Å². The predicted octanol–water partition coefficient (Wildman–Crippen LogP) is 2.91. The van der Waals surface area contributed by atoms with Gasteiger partial charge in [0, 0.05) is 11.0 Å². The van der Waals surface area contributed by atoms with E-state index in [9.17, 15) is 4.79 Å². The van der Waals surface area contributed by atoms with Crippen molar-refractivity contribution in [2.24, 2.45) is 0 Å². The van der Waals surface area contributed by atoms with Crippen molar-refractivity contribution in [3.63, 3.8) is 0 Å². The first-order valence-corrected chi connectivity index (χ1v) is 5.75. The Morgan fingerprint density at radius 1 is 1.53 bits per heavy atom. The molecule has 1 aliphatic rings. The highest BCUT2D eigenvalue weighted by molar-refractivity contribution is 9.10. The predicted molar refractivity (Wildman–Crippen MR) is 65.0 cm³/mol. The number of hydrogen-bond acceptors (Lipinski definition) is 1. The maximum absolute atomic E-state index is 11.8. The van der Waals surface area contributed by atoms with Crippen molar-refractivity contribution in [2.45, 2.75) is 13.3 Å². The fourth-order valence-corrected chi connectivity index (χ4v) is 2.48. The normalized spacial score (nSPS) is 14.7. The van der Waals surface area contributed by atoms with Crippen molar-refractivity contribution < 1.29 is 4.79 Å². The summed E-state index contributed by atoms with van der Waals surface area (Å²) in [6, 6.07) is 6.05. The lowest BCUT2D eigenvalue weighted by molar-refractivity contribution is -0.114. The smallest absolute Gasteiger partial charge is 0.250 e. The minimum absolute atomic E-state index is 0.0585. The van der Waals surface area contributed by atoms with Gasteiger partial charge >= 0.3 is 0 Å². The highest BCUT2D eigenvalue weighted by Gasteiger charge is 2.24. The van der Waals surface area contributed by atoms with E-state index in [0.29, 0.717) is 0 Å². The molecule has 3 heteroatoms. The van der Waals surface area contributed by atoms with E-state index in [1.165, 1.54) is 5.56 Å². The molecule has 1 aromatic rings. The minimum atomic E-state index is 0.0585. The average Bonchev–Trinajstić information content (AvgIpc) is 2.63. The molecule has 0 bridgehead atoms. The molecule has 0 fully saturated rings. The molecule has 1 heterocycles. The summed E-state index contributed by atoms with van der Waals surface area (Å²) in [6.45, 7) is 2.63. The second-order valence-electron chi connectivity index (χ2n) is 3.49. The minimum Gasteiger partial charge on any atom is -0.307 e. The first-order chi connectivity index (χ1) is 7.24. The average molecular weight is 266 g/mol. The quantitative estimate of drug-likeness (QED) is 0.716. The van der Waals surface area contributed by atoms with Crippen LogP contribution in [0.2, 0.25) is 0 Å². The van der Waals surface area contributed by atoms with Gasteiger partial charge in [-0.15, -0.1) is 0 Å². The van der Waals surface area contributed by atoms with Crippen molar-refractivity contribution in [1.82, 2.24) is 0 Å². The Bertz CT molecular complexity index is 426. The van der Waals surface area contributed by atoms with Crippen LogP contribution in [0.1, 0.15) is 12.5 Å². The molecule has 0 radical (unpaired) electrons. The monoisotopic (exact) mass is 265 g/mol. The Hall–Kier alpha value is -1.09. The number of allylic oxidation sites excluding steroid dienone is 1. The molecule has 0 spiro atoms. The van der Waals surface area contributed by atoms with Crippen molar-refractivity contribution in [1.29, 1.82) is 0 Å². The molecule has 2 rings (SSSR count). The van der Waals surface area contributed by atoms with Crippen LogP contribution in [0.25, 0.3) is 0 Å². The molecule has 0 saturated carbocycles. The summed E-state index contributed by atoms with van der Waals surface area (Å²) >= 11 is 3.49. The molecule has 1 amide bonds. The third-order valence-electron chi connectivity index (χ3n) is 2.52. The SMILES string of the molecule is C/C=C/C(=O)N1CCc2cccc(Br)c21. The highest BCUT2D eigenvalue weighted by Crippen LogP contribution is 2.35. The van der Waals surface area contributed by atoms with Crippen LogP contribution >= 0.6 is 15.9 Å². The standard InChI is InChI=1S/C12H12BrNO/c1-2-4-11(15)14-8-7-9-5-3-6-10(13)12(9)14/h2-6H,7-8H2,1H3/b4-2+. The van der Waals surface area contributed by atoms with Gasteiger partial charge in [-0.1, -0.05) is 18.2 Å². The summed E-state index contributed by atoms with van der Waals surface area (Å²) in [4.78, 5) is 13.6. The van der Waals surface area contributed by atoms with Gasteiger partial charge in [-0.25, -0.2) is 0 Å². The molecule has 0 atom stereocenters. The topological polar surface area (TPSA) is 20.3 Å². The summed E-state index contributed by atoms with van der Waals surface area (Å²) in [5, 5.41) is 0. The van der Waals surface area contributed by atoms with E-state index in [0.717, 1.165) is 23.1 Å². The van der Waals surface area contributed by atoms with Crippen LogP contribution in [0, 0.1) is 0 Å². The Morgan fingerprint density at radius 3 is 3.07 bits per heavy atom. The van der Waals surface area contributed by atoms with E-state index in [4.69, 9.17) is 0 Å². The van der Waals surface area contributed by atoms with Gasteiger partial charge in [0.05, 0.1) is 5.69 Å². The van der Waals surface area contributed by atoms with E-state index >= 15 is 0 Å². The van der Waals surface area contributed by atoms with Crippen molar-refractivity contribution in [2.75, 3.05) is 11.4 Å². The molecule has 1 aromatic carbocycles. The number of rotatable bonds is 1. The Balaban J connectivity index is 2.39. The highest BCUT2D eigenvalue weighted by atomic mass is 79.9. The molecule has 2 nitrogen and oxygen atoms in total. The zero-order valence-corrected chi connectivity index (χ0v) is 10.1. The van der Waals surface area contributed by atoms with E-state index in [2.05, 4.69) is 22.0 Å². The van der Waals surface area contributed by atoms with E-state index in [1.54, 1.807) is 12.2 Å². The molecule has 15 heavy (non-hydrogen) atoms. The largest absolute Gasteiger partial charge is 0.307 e. The van der Waals surface area contributed by atoms with Crippen molar-refractivity contribution in [3.8, 4) is 0 Å². The van der Waals surface area contributed by atoms with Gasteiger partial charge in [-0.2, -0.15) is 0 Å². The second-order valence-corrected chi connectivity index (χ2v) is 4.34. The zero-order valence-electron chi connectivity index (χ0n) is 8.53. The van der Waals surface area contributed by atoms with Gasteiger partial charge in [0.15, 0.2) is 0 Å². The van der Waals surface area contributed by atoms with Crippen LogP contribution in [0.3, 0.4) is 0 Å². The third kappa shape index (κ3) is 1.84. The number of halogens is 1. The molecule has 0 saturated heterocycles. The molecule has 0 aliphatic carbocycles. The number of amides is 1. The number of carbonyl (C=O) groups excluding carboxylic acids is 1. The number of fused-ring (bicyclic) bond motifs is 1.